The first-order valence-electron chi connectivity index (χ1n) is 3.67. The molecular formula is C7H16O4. The van der Waals surface area contributed by atoms with Crippen LogP contribution >= 0.6 is 0 Å². The molecule has 0 spiro atoms. The van der Waals surface area contributed by atoms with Gasteiger partial charge in [-0.1, -0.05) is 0 Å². The molecule has 11 heavy (non-hydrogen) atoms. The van der Waals surface area contributed by atoms with E-state index in [1.54, 1.807) is 0 Å². The number of rotatable bonds is 7. The van der Waals surface area contributed by atoms with E-state index in [9.17, 15) is 0 Å². The molecule has 0 aromatic rings. The first-order chi connectivity index (χ1) is 5.31. The standard InChI is InChI=1S/C7H16O4/c1-3-10-4-5-11-6-7(8)9-2/h7-8H,3-6H2,1-2H3. The first-order valence-corrected chi connectivity index (χ1v) is 3.67. The molecule has 68 valence electrons. The predicted octanol–water partition coefficient (Wildman–Crippen LogP) is 0.00430. The Labute approximate surface area is 67.1 Å². The minimum absolute atomic E-state index is 0.198. The highest BCUT2D eigenvalue weighted by molar-refractivity contribution is 4.35. The van der Waals surface area contributed by atoms with Crippen molar-refractivity contribution in [3.05, 3.63) is 0 Å². The van der Waals surface area contributed by atoms with Crippen LogP contribution in [0.1, 0.15) is 6.92 Å². The average Bonchev–Trinajstić information content (AvgIpc) is 2.04. The second kappa shape index (κ2) is 7.94. The zero-order valence-electron chi connectivity index (χ0n) is 7.08. The highest BCUT2D eigenvalue weighted by atomic mass is 16.6. The van der Waals surface area contributed by atoms with Gasteiger partial charge < -0.3 is 19.3 Å². The van der Waals surface area contributed by atoms with E-state index >= 15 is 0 Å². The van der Waals surface area contributed by atoms with E-state index in [2.05, 4.69) is 4.74 Å². The Morgan fingerprint density at radius 3 is 2.45 bits per heavy atom. The van der Waals surface area contributed by atoms with Crippen LogP contribution in [0.15, 0.2) is 0 Å². The molecule has 0 heterocycles. The van der Waals surface area contributed by atoms with Crippen molar-refractivity contribution in [2.45, 2.75) is 13.2 Å². The molecule has 4 nitrogen and oxygen atoms in total. The van der Waals surface area contributed by atoms with Crippen LogP contribution in [-0.4, -0.2) is 44.9 Å². The third kappa shape index (κ3) is 7.74. The maximum Gasteiger partial charge on any atom is 0.177 e. The van der Waals surface area contributed by atoms with Gasteiger partial charge in [-0.15, -0.1) is 0 Å². The van der Waals surface area contributed by atoms with E-state index < -0.39 is 6.29 Å². The summed E-state index contributed by atoms with van der Waals surface area (Å²) in [5.41, 5.74) is 0. The minimum atomic E-state index is -0.823. The summed E-state index contributed by atoms with van der Waals surface area (Å²) < 4.78 is 14.5. The molecular weight excluding hydrogens is 148 g/mol. The fourth-order valence-electron chi connectivity index (χ4n) is 0.514. The second-order valence-corrected chi connectivity index (χ2v) is 1.96. The summed E-state index contributed by atoms with van der Waals surface area (Å²) in [4.78, 5) is 0. The van der Waals surface area contributed by atoms with Crippen LogP contribution in [0.25, 0.3) is 0 Å². The highest BCUT2D eigenvalue weighted by Gasteiger charge is 1.99. The fraction of sp³-hybridized carbons (Fsp3) is 1.00. The van der Waals surface area contributed by atoms with Gasteiger partial charge in [0.1, 0.15) is 0 Å². The summed E-state index contributed by atoms with van der Waals surface area (Å²) in [5.74, 6) is 0. The lowest BCUT2D eigenvalue weighted by Crippen LogP contribution is -2.18. The van der Waals surface area contributed by atoms with E-state index in [-0.39, 0.29) is 6.61 Å². The predicted molar refractivity (Wildman–Crippen MR) is 40.3 cm³/mol. The fourth-order valence-corrected chi connectivity index (χ4v) is 0.514. The summed E-state index contributed by atoms with van der Waals surface area (Å²) in [7, 11) is 1.43. The van der Waals surface area contributed by atoms with Gasteiger partial charge in [-0.25, -0.2) is 0 Å². The van der Waals surface area contributed by atoms with Crippen molar-refractivity contribution < 1.29 is 19.3 Å². The van der Waals surface area contributed by atoms with Gasteiger partial charge in [0.05, 0.1) is 19.8 Å². The summed E-state index contributed by atoms with van der Waals surface area (Å²) in [5, 5.41) is 8.83. The zero-order chi connectivity index (χ0) is 8.53. The van der Waals surface area contributed by atoms with Gasteiger partial charge in [0, 0.05) is 13.7 Å². The average molecular weight is 164 g/mol. The van der Waals surface area contributed by atoms with Crippen LogP contribution < -0.4 is 0 Å². The van der Waals surface area contributed by atoms with Crippen molar-refractivity contribution in [3.63, 3.8) is 0 Å². The number of methoxy groups -OCH3 is 1. The molecule has 0 aliphatic heterocycles. The van der Waals surface area contributed by atoms with Gasteiger partial charge in [0.15, 0.2) is 6.29 Å². The molecule has 0 aliphatic carbocycles. The Morgan fingerprint density at radius 1 is 1.27 bits per heavy atom. The lowest BCUT2D eigenvalue weighted by Gasteiger charge is -2.08. The second-order valence-electron chi connectivity index (χ2n) is 1.96. The molecule has 0 amide bonds. The van der Waals surface area contributed by atoms with Crippen LogP contribution in [-0.2, 0) is 14.2 Å². The number of hydrogen-bond donors (Lipinski definition) is 1. The van der Waals surface area contributed by atoms with Crippen LogP contribution in [0.5, 0.6) is 0 Å². The monoisotopic (exact) mass is 164 g/mol. The Balaban J connectivity index is 2.89. The van der Waals surface area contributed by atoms with Gasteiger partial charge in [0.25, 0.3) is 0 Å². The maximum absolute atomic E-state index is 8.83. The highest BCUT2D eigenvalue weighted by Crippen LogP contribution is 1.85. The number of hydrogen-bond acceptors (Lipinski definition) is 4. The van der Waals surface area contributed by atoms with E-state index in [1.807, 2.05) is 6.92 Å². The Bertz CT molecular complexity index is 76.8. The maximum atomic E-state index is 8.83. The van der Waals surface area contributed by atoms with E-state index in [4.69, 9.17) is 14.6 Å². The van der Waals surface area contributed by atoms with Crippen molar-refractivity contribution in [2.24, 2.45) is 0 Å². The Morgan fingerprint density at radius 2 is 1.91 bits per heavy atom. The molecule has 0 aromatic carbocycles. The molecule has 0 bridgehead atoms. The Hall–Kier alpha value is -0.160. The van der Waals surface area contributed by atoms with E-state index in [0.717, 1.165) is 0 Å². The first kappa shape index (κ1) is 10.8. The molecule has 0 radical (unpaired) electrons. The van der Waals surface area contributed by atoms with Gasteiger partial charge in [-0.05, 0) is 6.92 Å². The lowest BCUT2D eigenvalue weighted by atomic mass is 10.6. The zero-order valence-corrected chi connectivity index (χ0v) is 7.08. The molecule has 0 aromatic heterocycles. The summed E-state index contributed by atoms with van der Waals surface area (Å²) in [6.07, 6.45) is -0.823. The van der Waals surface area contributed by atoms with Crippen molar-refractivity contribution >= 4 is 0 Å². The molecule has 0 fully saturated rings. The Kier molecular flexibility index (Phi) is 7.83. The topological polar surface area (TPSA) is 47.9 Å². The molecule has 0 rings (SSSR count). The van der Waals surface area contributed by atoms with Gasteiger partial charge in [-0.3, -0.25) is 0 Å². The molecule has 4 heteroatoms. The third-order valence-corrected chi connectivity index (χ3v) is 1.11. The van der Waals surface area contributed by atoms with Gasteiger partial charge in [-0.2, -0.15) is 0 Å². The summed E-state index contributed by atoms with van der Waals surface area (Å²) in [6.45, 7) is 3.87. The summed E-state index contributed by atoms with van der Waals surface area (Å²) in [6, 6.07) is 0. The molecule has 0 saturated carbocycles. The van der Waals surface area contributed by atoms with Crippen molar-refractivity contribution in [1.82, 2.24) is 0 Å². The van der Waals surface area contributed by atoms with Gasteiger partial charge in [0.2, 0.25) is 0 Å². The lowest BCUT2D eigenvalue weighted by molar-refractivity contribution is -0.122. The largest absolute Gasteiger partial charge is 0.379 e. The molecule has 1 unspecified atom stereocenters. The van der Waals surface area contributed by atoms with Crippen LogP contribution in [0.4, 0.5) is 0 Å². The van der Waals surface area contributed by atoms with Gasteiger partial charge >= 0.3 is 0 Å². The van der Waals surface area contributed by atoms with Crippen LogP contribution in [0.3, 0.4) is 0 Å². The summed E-state index contributed by atoms with van der Waals surface area (Å²) >= 11 is 0. The van der Waals surface area contributed by atoms with E-state index in [0.29, 0.717) is 19.8 Å². The molecule has 0 saturated heterocycles. The number of aliphatic hydroxyl groups excluding tert-OH is 1. The van der Waals surface area contributed by atoms with Crippen LogP contribution in [0, 0.1) is 0 Å². The number of aliphatic hydroxyl groups is 1. The van der Waals surface area contributed by atoms with Crippen molar-refractivity contribution in [2.75, 3.05) is 33.5 Å². The SMILES string of the molecule is CCOCCOCC(O)OC. The quantitative estimate of drug-likeness (QED) is 0.425. The van der Waals surface area contributed by atoms with E-state index in [1.165, 1.54) is 7.11 Å². The smallest absolute Gasteiger partial charge is 0.177 e. The normalized spacial score (nSPS) is 13.4. The molecule has 1 N–H and O–H groups in total. The van der Waals surface area contributed by atoms with Crippen molar-refractivity contribution in [3.8, 4) is 0 Å². The van der Waals surface area contributed by atoms with Crippen LogP contribution in [0.2, 0.25) is 0 Å². The number of ether oxygens (including phenoxy) is 3. The minimum Gasteiger partial charge on any atom is -0.379 e. The molecule has 1 atom stereocenters. The molecule has 0 aliphatic rings. The third-order valence-electron chi connectivity index (χ3n) is 1.11. The van der Waals surface area contributed by atoms with Crippen molar-refractivity contribution in [1.29, 1.82) is 0 Å².